The van der Waals surface area contributed by atoms with Crippen LogP contribution in [0, 0.1) is 0 Å². The Kier molecular flexibility index (Phi) is 6.04. The number of nitrogens with zero attached hydrogens (tertiary/aromatic N) is 2. The van der Waals surface area contributed by atoms with E-state index in [4.69, 9.17) is 4.43 Å². The summed E-state index contributed by atoms with van der Waals surface area (Å²) in [4.78, 5) is 2.64. The van der Waals surface area contributed by atoms with Crippen LogP contribution in [0.5, 0.6) is 5.75 Å². The second kappa shape index (κ2) is 8.82. The Bertz CT molecular complexity index is 1510. The summed E-state index contributed by atoms with van der Waals surface area (Å²) in [7, 11) is -5.86. The van der Waals surface area contributed by atoms with Gasteiger partial charge in [0.05, 0.1) is 16.1 Å². The average Bonchev–Trinajstić information content (AvgIpc) is 3.22. The van der Waals surface area contributed by atoms with E-state index in [1.807, 2.05) is 30.5 Å². The van der Waals surface area contributed by atoms with Crippen molar-refractivity contribution in [2.75, 3.05) is 11.4 Å². The molecule has 4 aromatic rings. The Morgan fingerprint density at radius 2 is 1.56 bits per heavy atom. The van der Waals surface area contributed by atoms with Gasteiger partial charge >= 0.3 is 0 Å². The van der Waals surface area contributed by atoms with E-state index >= 15 is 0 Å². The standard InChI is InChI=1S/C29H34N2O3SSi/c1-29(2,3)36(4,5)34-26-17-16-25-27-23(21-31(25)35(32,33)24-14-10-7-11-15-24)18-19-30(28(26)27)20-22-12-8-6-9-13-22/h6-17,21H,18-20H2,1-5H3. The van der Waals surface area contributed by atoms with E-state index in [1.165, 1.54) is 9.54 Å². The van der Waals surface area contributed by atoms with Crippen molar-refractivity contribution < 1.29 is 12.8 Å². The van der Waals surface area contributed by atoms with Crippen molar-refractivity contribution in [1.82, 2.24) is 3.97 Å². The smallest absolute Gasteiger partial charge is 0.268 e. The summed E-state index contributed by atoms with van der Waals surface area (Å²) in [6, 6.07) is 22.9. The second-order valence-corrected chi connectivity index (χ2v) is 17.6. The molecule has 0 spiro atoms. The molecule has 5 rings (SSSR count). The Morgan fingerprint density at radius 1 is 0.917 bits per heavy atom. The van der Waals surface area contributed by atoms with Crippen LogP contribution in [0.25, 0.3) is 10.9 Å². The first kappa shape index (κ1) is 24.7. The first-order valence-corrected chi connectivity index (χ1v) is 16.8. The summed E-state index contributed by atoms with van der Waals surface area (Å²) in [5.74, 6) is 0.848. The third-order valence-electron chi connectivity index (χ3n) is 7.61. The van der Waals surface area contributed by atoms with Gasteiger partial charge in [0, 0.05) is 24.7 Å². The molecule has 1 aliphatic rings. The van der Waals surface area contributed by atoms with Crippen LogP contribution in [0.2, 0.25) is 18.1 Å². The number of benzene rings is 3. The largest absolute Gasteiger partial charge is 0.542 e. The minimum absolute atomic E-state index is 0.0407. The van der Waals surface area contributed by atoms with Gasteiger partial charge in [-0.05, 0) is 59.9 Å². The molecule has 0 N–H and O–H groups in total. The summed E-state index contributed by atoms with van der Waals surface area (Å²) < 4.78 is 35.6. The van der Waals surface area contributed by atoms with Crippen LogP contribution in [-0.2, 0) is 23.0 Å². The molecule has 188 valence electrons. The van der Waals surface area contributed by atoms with Gasteiger partial charge in [0.15, 0.2) is 0 Å². The molecule has 0 unspecified atom stereocenters. The molecule has 1 aromatic heterocycles. The highest BCUT2D eigenvalue weighted by atomic mass is 32.2. The number of anilines is 1. The minimum atomic E-state index is -3.73. The van der Waals surface area contributed by atoms with Crippen molar-refractivity contribution in [3.05, 3.63) is 90.1 Å². The molecule has 0 saturated heterocycles. The van der Waals surface area contributed by atoms with Gasteiger partial charge in [-0.3, -0.25) is 0 Å². The van der Waals surface area contributed by atoms with Crippen molar-refractivity contribution in [3.8, 4) is 5.75 Å². The zero-order valence-electron chi connectivity index (χ0n) is 21.7. The van der Waals surface area contributed by atoms with Gasteiger partial charge in [0.2, 0.25) is 0 Å². The van der Waals surface area contributed by atoms with Gasteiger partial charge in [-0.25, -0.2) is 12.4 Å². The van der Waals surface area contributed by atoms with E-state index in [2.05, 4.69) is 63.0 Å². The topological polar surface area (TPSA) is 51.5 Å². The van der Waals surface area contributed by atoms with Crippen molar-refractivity contribution in [3.63, 3.8) is 0 Å². The lowest BCUT2D eigenvalue weighted by Gasteiger charge is -2.39. The maximum atomic E-state index is 13.7. The molecule has 0 amide bonds. The molecule has 0 atom stereocenters. The fraction of sp³-hybridized carbons (Fsp3) is 0.310. The van der Waals surface area contributed by atoms with Gasteiger partial charge in [-0.15, -0.1) is 0 Å². The molecule has 7 heteroatoms. The van der Waals surface area contributed by atoms with Crippen LogP contribution >= 0.6 is 0 Å². The molecule has 2 heterocycles. The Balaban J connectivity index is 1.71. The first-order chi connectivity index (χ1) is 17.0. The maximum absolute atomic E-state index is 13.7. The summed E-state index contributed by atoms with van der Waals surface area (Å²) in [6.07, 6.45) is 2.59. The van der Waals surface area contributed by atoms with E-state index in [0.717, 1.165) is 41.9 Å². The van der Waals surface area contributed by atoms with E-state index in [-0.39, 0.29) is 9.93 Å². The van der Waals surface area contributed by atoms with Crippen molar-refractivity contribution >= 4 is 34.9 Å². The van der Waals surface area contributed by atoms with E-state index in [0.29, 0.717) is 5.52 Å². The van der Waals surface area contributed by atoms with Gasteiger partial charge in [-0.2, -0.15) is 0 Å². The second-order valence-electron chi connectivity index (χ2n) is 11.1. The highest BCUT2D eigenvalue weighted by Crippen LogP contribution is 2.46. The normalized spacial score (nSPS) is 14.3. The molecule has 36 heavy (non-hydrogen) atoms. The van der Waals surface area contributed by atoms with Crippen LogP contribution in [0.3, 0.4) is 0 Å². The SMILES string of the molecule is CC(C)(C)[Si](C)(C)Oc1ccc2c3c(cn2S(=O)(=O)c2ccccc2)CCN(Cc2ccccc2)c13. The third-order valence-corrected chi connectivity index (χ3v) is 13.6. The van der Waals surface area contributed by atoms with Crippen LogP contribution < -0.4 is 9.33 Å². The van der Waals surface area contributed by atoms with Gasteiger partial charge in [-0.1, -0.05) is 69.3 Å². The summed E-state index contributed by atoms with van der Waals surface area (Å²) in [5.41, 5.74) is 3.96. The lowest BCUT2D eigenvalue weighted by Crippen LogP contribution is -2.44. The van der Waals surface area contributed by atoms with Crippen LogP contribution in [-0.4, -0.2) is 27.3 Å². The zero-order valence-corrected chi connectivity index (χ0v) is 23.5. The molecule has 5 nitrogen and oxygen atoms in total. The van der Waals surface area contributed by atoms with Gasteiger partial charge < -0.3 is 9.33 Å². The molecule has 3 aromatic carbocycles. The summed E-state index contributed by atoms with van der Waals surface area (Å²) in [5, 5.41) is 1.02. The highest BCUT2D eigenvalue weighted by Gasteiger charge is 2.40. The summed E-state index contributed by atoms with van der Waals surface area (Å²) in [6.45, 7) is 12.7. The lowest BCUT2D eigenvalue weighted by atomic mass is 10.0. The number of hydrogen-bond acceptors (Lipinski definition) is 4. The third kappa shape index (κ3) is 4.24. The summed E-state index contributed by atoms with van der Waals surface area (Å²) >= 11 is 0. The van der Waals surface area contributed by atoms with Crippen molar-refractivity contribution in [1.29, 1.82) is 0 Å². The Labute approximate surface area is 215 Å². The lowest BCUT2D eigenvalue weighted by molar-refractivity contribution is 0.491. The monoisotopic (exact) mass is 518 g/mol. The molecule has 0 saturated carbocycles. The minimum Gasteiger partial charge on any atom is -0.542 e. The van der Waals surface area contributed by atoms with Gasteiger partial charge in [0.25, 0.3) is 18.3 Å². The quantitative estimate of drug-likeness (QED) is 0.263. The zero-order chi connectivity index (χ0) is 25.7. The first-order valence-electron chi connectivity index (χ1n) is 12.4. The van der Waals surface area contributed by atoms with Crippen molar-refractivity contribution in [2.24, 2.45) is 0 Å². The van der Waals surface area contributed by atoms with Crippen molar-refractivity contribution in [2.45, 2.75) is 56.8 Å². The Hall–Kier alpha value is -3.03. The van der Waals surface area contributed by atoms with Crippen LogP contribution in [0.15, 0.2) is 83.9 Å². The van der Waals surface area contributed by atoms with E-state index < -0.39 is 18.3 Å². The molecule has 1 aliphatic heterocycles. The molecular weight excluding hydrogens is 484 g/mol. The van der Waals surface area contributed by atoms with Crippen LogP contribution in [0.4, 0.5) is 5.69 Å². The fourth-order valence-electron chi connectivity index (χ4n) is 4.59. The molecule has 0 aliphatic carbocycles. The fourth-order valence-corrected chi connectivity index (χ4v) is 7.01. The van der Waals surface area contributed by atoms with E-state index in [1.54, 1.807) is 24.3 Å². The van der Waals surface area contributed by atoms with Gasteiger partial charge in [0.1, 0.15) is 5.75 Å². The number of rotatable bonds is 6. The molecular formula is C29H34N2O3SSi. The number of hydrogen-bond donors (Lipinski definition) is 0. The molecule has 0 radical (unpaired) electrons. The number of aromatic nitrogens is 1. The predicted molar refractivity (Wildman–Crippen MR) is 150 cm³/mol. The predicted octanol–water partition coefficient (Wildman–Crippen LogP) is 6.83. The van der Waals surface area contributed by atoms with E-state index in [9.17, 15) is 8.42 Å². The molecule has 0 fully saturated rings. The average molecular weight is 519 g/mol. The maximum Gasteiger partial charge on any atom is 0.268 e. The van der Waals surface area contributed by atoms with Crippen LogP contribution in [0.1, 0.15) is 31.9 Å². The Morgan fingerprint density at radius 3 is 2.19 bits per heavy atom. The molecule has 0 bridgehead atoms. The highest BCUT2D eigenvalue weighted by molar-refractivity contribution is 7.90.